The second-order valence-corrected chi connectivity index (χ2v) is 4.22. The summed E-state index contributed by atoms with van der Waals surface area (Å²) in [6, 6.07) is 3.82. The van der Waals surface area contributed by atoms with E-state index in [4.69, 9.17) is 9.84 Å². The number of ether oxygens (including phenoxy) is 1. The first kappa shape index (κ1) is 16.2. The van der Waals surface area contributed by atoms with E-state index < -0.39 is 5.82 Å². The Kier molecular flexibility index (Phi) is 6.71. The summed E-state index contributed by atoms with van der Waals surface area (Å²) >= 11 is 0. The van der Waals surface area contributed by atoms with Crippen LogP contribution < -0.4 is 0 Å². The first-order valence-electron chi connectivity index (χ1n) is 6.23. The number of amides is 1. The maximum Gasteiger partial charge on any atom is 0.254 e. The fourth-order valence-corrected chi connectivity index (χ4v) is 1.69. The van der Waals surface area contributed by atoms with Crippen LogP contribution in [0.15, 0.2) is 18.2 Å². The predicted molar refractivity (Wildman–Crippen MR) is 73.8 cm³/mol. The Hall–Kier alpha value is -1.90. The SMILES string of the molecule is COCCCN(C)C(=O)c1ccc(F)cc1C#CCO. The fraction of sp³-hybridized carbons (Fsp3) is 0.400. The molecule has 0 aliphatic heterocycles. The lowest BCUT2D eigenvalue weighted by atomic mass is 10.1. The van der Waals surface area contributed by atoms with Crippen molar-refractivity contribution in [1.82, 2.24) is 4.90 Å². The van der Waals surface area contributed by atoms with Gasteiger partial charge in [-0.3, -0.25) is 4.79 Å². The van der Waals surface area contributed by atoms with Crippen LogP contribution in [-0.2, 0) is 4.74 Å². The number of halogens is 1. The molecule has 0 saturated carbocycles. The first-order valence-corrected chi connectivity index (χ1v) is 6.23. The molecule has 5 heteroatoms. The van der Waals surface area contributed by atoms with E-state index in [0.29, 0.717) is 18.7 Å². The predicted octanol–water partition coefficient (Wildman–Crippen LogP) is 1.28. The summed E-state index contributed by atoms with van der Waals surface area (Å²) in [5.74, 6) is 4.32. The van der Waals surface area contributed by atoms with Crippen molar-refractivity contribution in [2.24, 2.45) is 0 Å². The number of carbonyl (C=O) groups excluding carboxylic acids is 1. The lowest BCUT2D eigenvalue weighted by molar-refractivity contribution is 0.0779. The molecule has 0 aromatic heterocycles. The zero-order valence-electron chi connectivity index (χ0n) is 11.6. The van der Waals surface area contributed by atoms with Gasteiger partial charge in [0.2, 0.25) is 0 Å². The lowest BCUT2D eigenvalue weighted by Gasteiger charge is -2.17. The number of nitrogens with zero attached hydrogens (tertiary/aromatic N) is 1. The highest BCUT2D eigenvalue weighted by atomic mass is 19.1. The highest BCUT2D eigenvalue weighted by Crippen LogP contribution is 2.13. The monoisotopic (exact) mass is 279 g/mol. The summed E-state index contributed by atoms with van der Waals surface area (Å²) in [4.78, 5) is 13.8. The number of methoxy groups -OCH3 is 1. The van der Waals surface area contributed by atoms with Crippen LogP contribution in [0, 0.1) is 17.7 Å². The van der Waals surface area contributed by atoms with E-state index in [9.17, 15) is 9.18 Å². The Morgan fingerprint density at radius 2 is 2.25 bits per heavy atom. The van der Waals surface area contributed by atoms with Gasteiger partial charge in [0.05, 0.1) is 5.56 Å². The van der Waals surface area contributed by atoms with Crippen LogP contribution in [-0.4, -0.2) is 49.8 Å². The Labute approximate surface area is 118 Å². The molecule has 0 fully saturated rings. The van der Waals surface area contributed by atoms with Gasteiger partial charge in [-0.25, -0.2) is 4.39 Å². The Morgan fingerprint density at radius 1 is 1.50 bits per heavy atom. The van der Waals surface area contributed by atoms with Crippen molar-refractivity contribution in [3.8, 4) is 11.8 Å². The van der Waals surface area contributed by atoms with Crippen LogP contribution in [0.5, 0.6) is 0 Å². The largest absolute Gasteiger partial charge is 0.385 e. The second kappa shape index (κ2) is 8.31. The van der Waals surface area contributed by atoms with Crippen LogP contribution >= 0.6 is 0 Å². The molecule has 1 aromatic carbocycles. The van der Waals surface area contributed by atoms with Crippen molar-refractivity contribution in [2.75, 3.05) is 33.9 Å². The summed E-state index contributed by atoms with van der Waals surface area (Å²) < 4.78 is 18.1. The number of carbonyl (C=O) groups is 1. The highest BCUT2D eigenvalue weighted by Gasteiger charge is 2.15. The van der Waals surface area contributed by atoms with Crippen LogP contribution in [0.2, 0.25) is 0 Å². The highest BCUT2D eigenvalue weighted by molar-refractivity contribution is 5.96. The molecule has 4 nitrogen and oxygen atoms in total. The van der Waals surface area contributed by atoms with Crippen LogP contribution in [0.1, 0.15) is 22.3 Å². The van der Waals surface area contributed by atoms with Crippen molar-refractivity contribution in [1.29, 1.82) is 0 Å². The van der Waals surface area contributed by atoms with Gasteiger partial charge in [-0.2, -0.15) is 0 Å². The molecule has 0 radical (unpaired) electrons. The maximum atomic E-state index is 13.2. The van der Waals surface area contributed by atoms with E-state index in [1.165, 1.54) is 23.1 Å². The maximum absolute atomic E-state index is 13.2. The third-order valence-corrected chi connectivity index (χ3v) is 2.70. The Balaban J connectivity index is 2.91. The summed E-state index contributed by atoms with van der Waals surface area (Å²) in [6.45, 7) is 0.767. The zero-order chi connectivity index (χ0) is 15.0. The number of aliphatic hydroxyl groups excluding tert-OH is 1. The minimum atomic E-state index is -0.467. The Morgan fingerprint density at radius 3 is 2.90 bits per heavy atom. The van der Waals surface area contributed by atoms with Gasteiger partial charge >= 0.3 is 0 Å². The van der Waals surface area contributed by atoms with E-state index in [2.05, 4.69) is 11.8 Å². The average Bonchev–Trinajstić information content (AvgIpc) is 2.44. The van der Waals surface area contributed by atoms with Gasteiger partial charge in [-0.1, -0.05) is 11.8 Å². The molecule has 1 N–H and O–H groups in total. The number of rotatable bonds is 5. The van der Waals surface area contributed by atoms with Gasteiger partial charge < -0.3 is 14.7 Å². The quantitative estimate of drug-likeness (QED) is 0.652. The molecule has 108 valence electrons. The van der Waals surface area contributed by atoms with Gasteiger partial charge in [0.15, 0.2) is 0 Å². The average molecular weight is 279 g/mol. The van der Waals surface area contributed by atoms with Gasteiger partial charge in [0.25, 0.3) is 5.91 Å². The standard InChI is InChI=1S/C15H18FNO3/c1-17(8-4-10-20-2)15(19)14-7-6-13(16)11-12(14)5-3-9-18/h6-7,11,18H,4,8-10H2,1-2H3. The number of aliphatic hydroxyl groups is 1. The molecule has 1 aromatic rings. The molecule has 1 rings (SSSR count). The van der Waals surface area contributed by atoms with Crippen molar-refractivity contribution < 1.29 is 19.0 Å². The van der Waals surface area contributed by atoms with E-state index in [-0.39, 0.29) is 18.1 Å². The minimum absolute atomic E-state index is 0.233. The van der Waals surface area contributed by atoms with Crippen molar-refractivity contribution in [3.63, 3.8) is 0 Å². The molecule has 0 spiro atoms. The van der Waals surface area contributed by atoms with Gasteiger partial charge in [0, 0.05) is 32.9 Å². The smallest absolute Gasteiger partial charge is 0.254 e. The topological polar surface area (TPSA) is 49.8 Å². The molecule has 0 heterocycles. The third kappa shape index (κ3) is 4.65. The van der Waals surface area contributed by atoms with Crippen LogP contribution in [0.3, 0.4) is 0 Å². The van der Waals surface area contributed by atoms with Gasteiger partial charge in [-0.05, 0) is 24.6 Å². The molecule has 0 aliphatic carbocycles. The van der Waals surface area contributed by atoms with E-state index in [0.717, 1.165) is 6.42 Å². The van der Waals surface area contributed by atoms with Gasteiger partial charge in [-0.15, -0.1) is 0 Å². The molecule has 0 unspecified atom stereocenters. The first-order chi connectivity index (χ1) is 9.60. The summed E-state index contributed by atoms with van der Waals surface area (Å²) in [7, 11) is 3.27. The summed E-state index contributed by atoms with van der Waals surface area (Å²) in [5.41, 5.74) is 0.606. The van der Waals surface area contributed by atoms with E-state index >= 15 is 0 Å². The number of hydrogen-bond acceptors (Lipinski definition) is 3. The molecular formula is C15H18FNO3. The lowest BCUT2D eigenvalue weighted by Crippen LogP contribution is -2.29. The normalized spacial score (nSPS) is 9.80. The molecular weight excluding hydrogens is 261 g/mol. The molecule has 0 atom stereocenters. The van der Waals surface area contributed by atoms with Gasteiger partial charge in [0.1, 0.15) is 12.4 Å². The van der Waals surface area contributed by atoms with Crippen molar-refractivity contribution >= 4 is 5.91 Å². The fourth-order valence-electron chi connectivity index (χ4n) is 1.69. The van der Waals surface area contributed by atoms with E-state index in [1.807, 2.05) is 0 Å². The molecule has 0 saturated heterocycles. The summed E-state index contributed by atoms with van der Waals surface area (Å²) in [5, 5.41) is 8.70. The number of hydrogen-bond donors (Lipinski definition) is 1. The van der Waals surface area contributed by atoms with Crippen LogP contribution in [0.4, 0.5) is 4.39 Å². The van der Waals surface area contributed by atoms with Crippen molar-refractivity contribution in [2.45, 2.75) is 6.42 Å². The molecule has 0 bridgehead atoms. The zero-order valence-corrected chi connectivity index (χ0v) is 11.6. The number of benzene rings is 1. The van der Waals surface area contributed by atoms with E-state index in [1.54, 1.807) is 14.2 Å². The Bertz CT molecular complexity index is 520. The third-order valence-electron chi connectivity index (χ3n) is 2.70. The molecule has 1 amide bonds. The van der Waals surface area contributed by atoms with Crippen LogP contribution in [0.25, 0.3) is 0 Å². The molecule has 0 aliphatic rings. The second-order valence-electron chi connectivity index (χ2n) is 4.22. The minimum Gasteiger partial charge on any atom is -0.385 e. The van der Waals surface area contributed by atoms with Crippen molar-refractivity contribution in [3.05, 3.63) is 35.1 Å². The summed E-state index contributed by atoms with van der Waals surface area (Å²) in [6.07, 6.45) is 0.720. The molecule has 20 heavy (non-hydrogen) atoms.